The van der Waals surface area contributed by atoms with Crippen molar-refractivity contribution < 1.29 is 4.79 Å². The third kappa shape index (κ3) is 5.41. The zero-order chi connectivity index (χ0) is 16.7. The van der Waals surface area contributed by atoms with Crippen molar-refractivity contribution in [1.29, 1.82) is 0 Å². The summed E-state index contributed by atoms with van der Waals surface area (Å²) in [6, 6.07) is 8.71. The minimum Gasteiger partial charge on any atom is -0.368 e. The second kappa shape index (κ2) is 8.33. The summed E-state index contributed by atoms with van der Waals surface area (Å²) in [5.74, 6) is 1.17. The number of halogens is 1. The molecule has 6 nitrogen and oxygen atoms in total. The molecule has 1 aromatic carbocycles. The van der Waals surface area contributed by atoms with Gasteiger partial charge in [0.2, 0.25) is 5.95 Å². The van der Waals surface area contributed by atoms with Crippen LogP contribution in [0.4, 0.5) is 11.8 Å². The molecule has 0 radical (unpaired) electrons. The molecule has 122 valence electrons. The fraction of sp³-hybridized carbons (Fsp3) is 0.312. The molecular weight excluding hydrogens is 314 g/mol. The second-order valence-electron chi connectivity index (χ2n) is 4.94. The number of nitrogens with one attached hydrogen (secondary N) is 3. The first kappa shape index (κ1) is 17.0. The minimum absolute atomic E-state index is 0.151. The van der Waals surface area contributed by atoms with E-state index in [4.69, 9.17) is 11.6 Å². The van der Waals surface area contributed by atoms with E-state index in [9.17, 15) is 4.79 Å². The van der Waals surface area contributed by atoms with E-state index in [0.29, 0.717) is 29.6 Å². The van der Waals surface area contributed by atoms with E-state index in [1.54, 1.807) is 24.3 Å². The highest BCUT2D eigenvalue weighted by Gasteiger charge is 2.05. The summed E-state index contributed by atoms with van der Waals surface area (Å²) in [5, 5.41) is 9.63. The maximum atomic E-state index is 12.0. The molecule has 2 rings (SSSR count). The zero-order valence-electron chi connectivity index (χ0n) is 13.2. The molecule has 0 saturated carbocycles. The normalized spacial score (nSPS) is 10.2. The standard InChI is InChI=1S/C16H20ClN5O/c1-3-18-16-21-11(2)9-14(22-16)19-7-8-20-15(23)12-5-4-6-13(17)10-12/h4-6,9-10H,3,7-8H2,1-2H3,(H,20,23)(H2,18,19,21,22). The fourth-order valence-corrected chi connectivity index (χ4v) is 2.18. The van der Waals surface area contributed by atoms with Crippen molar-refractivity contribution in [2.45, 2.75) is 13.8 Å². The minimum atomic E-state index is -0.151. The Balaban J connectivity index is 1.82. The van der Waals surface area contributed by atoms with Crippen LogP contribution in [0.5, 0.6) is 0 Å². The predicted octanol–water partition coefficient (Wildman–Crippen LogP) is 2.71. The lowest BCUT2D eigenvalue weighted by Crippen LogP contribution is -2.28. The van der Waals surface area contributed by atoms with Gasteiger partial charge in [-0.25, -0.2) is 4.98 Å². The monoisotopic (exact) mass is 333 g/mol. The third-order valence-corrected chi connectivity index (χ3v) is 3.23. The molecule has 0 aliphatic heterocycles. The molecule has 1 amide bonds. The fourth-order valence-electron chi connectivity index (χ4n) is 1.99. The van der Waals surface area contributed by atoms with Crippen LogP contribution in [0, 0.1) is 6.92 Å². The molecule has 2 aromatic rings. The van der Waals surface area contributed by atoms with Crippen LogP contribution in [0.3, 0.4) is 0 Å². The van der Waals surface area contributed by atoms with Crippen molar-refractivity contribution in [2.24, 2.45) is 0 Å². The number of hydrogen-bond donors (Lipinski definition) is 3. The molecule has 1 heterocycles. The van der Waals surface area contributed by atoms with Crippen molar-refractivity contribution in [3.63, 3.8) is 0 Å². The Morgan fingerprint density at radius 1 is 1.17 bits per heavy atom. The van der Waals surface area contributed by atoms with E-state index in [1.165, 1.54) is 0 Å². The van der Waals surface area contributed by atoms with Crippen LogP contribution in [0.1, 0.15) is 23.0 Å². The maximum absolute atomic E-state index is 12.0. The van der Waals surface area contributed by atoms with E-state index in [0.717, 1.165) is 18.1 Å². The molecule has 0 spiro atoms. The van der Waals surface area contributed by atoms with Gasteiger partial charge in [-0.1, -0.05) is 17.7 Å². The van der Waals surface area contributed by atoms with Crippen molar-refractivity contribution in [1.82, 2.24) is 15.3 Å². The van der Waals surface area contributed by atoms with Crippen molar-refractivity contribution in [3.05, 3.63) is 46.6 Å². The van der Waals surface area contributed by atoms with Gasteiger partial charge in [0, 0.05) is 42.0 Å². The summed E-state index contributed by atoms with van der Waals surface area (Å²) in [6.45, 7) is 5.70. The van der Waals surface area contributed by atoms with Gasteiger partial charge in [-0.2, -0.15) is 4.98 Å². The largest absolute Gasteiger partial charge is 0.368 e. The van der Waals surface area contributed by atoms with Crippen LogP contribution in [-0.4, -0.2) is 35.5 Å². The Bertz CT molecular complexity index is 677. The van der Waals surface area contributed by atoms with Gasteiger partial charge in [-0.15, -0.1) is 0 Å². The summed E-state index contributed by atoms with van der Waals surface area (Å²) in [4.78, 5) is 20.6. The summed E-state index contributed by atoms with van der Waals surface area (Å²) >= 11 is 5.87. The van der Waals surface area contributed by atoms with Gasteiger partial charge < -0.3 is 16.0 Å². The van der Waals surface area contributed by atoms with E-state index >= 15 is 0 Å². The van der Waals surface area contributed by atoms with E-state index in [1.807, 2.05) is 19.9 Å². The molecule has 0 atom stereocenters. The number of rotatable bonds is 7. The van der Waals surface area contributed by atoms with Gasteiger partial charge in [0.1, 0.15) is 5.82 Å². The third-order valence-electron chi connectivity index (χ3n) is 2.99. The summed E-state index contributed by atoms with van der Waals surface area (Å²) < 4.78 is 0. The number of benzene rings is 1. The van der Waals surface area contributed by atoms with E-state index in [-0.39, 0.29) is 5.91 Å². The van der Waals surface area contributed by atoms with Crippen molar-refractivity contribution >= 4 is 29.3 Å². The molecule has 7 heteroatoms. The Morgan fingerprint density at radius 3 is 2.74 bits per heavy atom. The average Bonchev–Trinajstić information content (AvgIpc) is 2.51. The van der Waals surface area contributed by atoms with E-state index < -0.39 is 0 Å². The number of aryl methyl sites for hydroxylation is 1. The highest BCUT2D eigenvalue weighted by molar-refractivity contribution is 6.30. The van der Waals surface area contributed by atoms with Gasteiger partial charge in [0.15, 0.2) is 0 Å². The number of nitrogens with zero attached hydrogens (tertiary/aromatic N) is 2. The molecule has 23 heavy (non-hydrogen) atoms. The second-order valence-corrected chi connectivity index (χ2v) is 5.38. The Labute approximate surface area is 140 Å². The molecule has 0 aliphatic rings. The first-order valence-corrected chi connectivity index (χ1v) is 7.83. The Kier molecular flexibility index (Phi) is 6.17. The molecular formula is C16H20ClN5O. The van der Waals surface area contributed by atoms with Gasteiger partial charge in [-0.05, 0) is 32.0 Å². The van der Waals surface area contributed by atoms with Crippen LogP contribution in [-0.2, 0) is 0 Å². The predicted molar refractivity (Wildman–Crippen MR) is 93.2 cm³/mol. The lowest BCUT2D eigenvalue weighted by Gasteiger charge is -2.10. The first-order valence-electron chi connectivity index (χ1n) is 7.45. The van der Waals surface area contributed by atoms with Gasteiger partial charge in [0.05, 0.1) is 0 Å². The van der Waals surface area contributed by atoms with Crippen molar-refractivity contribution in [3.8, 4) is 0 Å². The maximum Gasteiger partial charge on any atom is 0.251 e. The number of hydrogen-bond acceptors (Lipinski definition) is 5. The van der Waals surface area contributed by atoms with Gasteiger partial charge in [0.25, 0.3) is 5.91 Å². The SMILES string of the molecule is CCNc1nc(C)cc(NCCNC(=O)c2cccc(Cl)c2)n1. The summed E-state index contributed by atoms with van der Waals surface area (Å²) in [6.07, 6.45) is 0. The lowest BCUT2D eigenvalue weighted by atomic mass is 10.2. The molecule has 0 bridgehead atoms. The van der Waals surface area contributed by atoms with Crippen molar-refractivity contribution in [2.75, 3.05) is 30.3 Å². The van der Waals surface area contributed by atoms with Crippen LogP contribution in [0.15, 0.2) is 30.3 Å². The molecule has 0 aliphatic carbocycles. The van der Waals surface area contributed by atoms with Gasteiger partial charge in [-0.3, -0.25) is 4.79 Å². The number of anilines is 2. The smallest absolute Gasteiger partial charge is 0.251 e. The molecule has 0 unspecified atom stereocenters. The molecule has 0 saturated heterocycles. The number of aromatic nitrogens is 2. The zero-order valence-corrected chi connectivity index (χ0v) is 13.9. The van der Waals surface area contributed by atoms with Crippen LogP contribution >= 0.6 is 11.6 Å². The highest BCUT2D eigenvalue weighted by atomic mass is 35.5. The summed E-state index contributed by atoms with van der Waals surface area (Å²) in [7, 11) is 0. The number of amides is 1. The average molecular weight is 334 g/mol. The highest BCUT2D eigenvalue weighted by Crippen LogP contribution is 2.11. The topological polar surface area (TPSA) is 78.9 Å². The Morgan fingerprint density at radius 2 is 2.00 bits per heavy atom. The summed E-state index contributed by atoms with van der Waals surface area (Å²) in [5.41, 5.74) is 1.42. The van der Waals surface area contributed by atoms with Crippen LogP contribution in [0.25, 0.3) is 0 Å². The molecule has 3 N–H and O–H groups in total. The van der Waals surface area contributed by atoms with Crippen LogP contribution in [0.2, 0.25) is 5.02 Å². The number of carbonyl (C=O) groups excluding carboxylic acids is 1. The molecule has 0 fully saturated rings. The van der Waals surface area contributed by atoms with Gasteiger partial charge >= 0.3 is 0 Å². The molecule has 1 aromatic heterocycles. The lowest BCUT2D eigenvalue weighted by molar-refractivity contribution is 0.0955. The Hall–Kier alpha value is -2.34. The van der Waals surface area contributed by atoms with Crippen LogP contribution < -0.4 is 16.0 Å². The quantitative estimate of drug-likeness (QED) is 0.679. The first-order chi connectivity index (χ1) is 11.1. The van der Waals surface area contributed by atoms with E-state index in [2.05, 4.69) is 25.9 Å². The number of carbonyl (C=O) groups is 1.